The SMILES string of the molecule is CCC(C)=C(SC(=NC)NC(O)Cc1cccc(OC)c1)C1CCC(c2nnc(NC(=O)Cc3cccc(OC)c3)s2)C1. The molecule has 3 atom stereocenters. The van der Waals surface area contributed by atoms with Crippen LogP contribution in [0.25, 0.3) is 0 Å². The summed E-state index contributed by atoms with van der Waals surface area (Å²) in [5, 5.41) is 27.8. The number of hydrogen-bond donors (Lipinski definition) is 3. The monoisotopic (exact) mass is 623 g/mol. The molecule has 2 aromatic carbocycles. The molecule has 1 aromatic heterocycles. The number of aliphatic hydroxyl groups is 1. The molecule has 9 nitrogen and oxygen atoms in total. The van der Waals surface area contributed by atoms with Gasteiger partial charge < -0.3 is 25.2 Å². The van der Waals surface area contributed by atoms with E-state index in [2.05, 4.69) is 39.7 Å². The van der Waals surface area contributed by atoms with Crippen LogP contribution in [0.5, 0.6) is 11.5 Å². The number of methoxy groups -OCH3 is 2. The van der Waals surface area contributed by atoms with Gasteiger partial charge in [0.2, 0.25) is 11.0 Å². The number of allylic oxidation sites excluding steroid dienone is 2. The van der Waals surface area contributed by atoms with E-state index >= 15 is 0 Å². The molecule has 0 saturated heterocycles. The summed E-state index contributed by atoms with van der Waals surface area (Å²) in [7, 11) is 4.99. The fourth-order valence-electron chi connectivity index (χ4n) is 5.18. The lowest BCUT2D eigenvalue weighted by molar-refractivity contribution is -0.115. The smallest absolute Gasteiger partial charge is 0.230 e. The Bertz CT molecular complexity index is 1440. The van der Waals surface area contributed by atoms with Gasteiger partial charge in [-0.25, -0.2) is 0 Å². The molecule has 3 unspecified atom stereocenters. The van der Waals surface area contributed by atoms with Crippen molar-refractivity contribution in [3.8, 4) is 11.5 Å². The van der Waals surface area contributed by atoms with E-state index < -0.39 is 6.23 Å². The van der Waals surface area contributed by atoms with Gasteiger partial charge in [-0.05, 0) is 78.8 Å². The van der Waals surface area contributed by atoms with Crippen molar-refractivity contribution in [1.82, 2.24) is 15.5 Å². The number of hydrogen-bond acceptors (Lipinski definition) is 9. The summed E-state index contributed by atoms with van der Waals surface area (Å²) in [6, 6.07) is 15.2. The fourth-order valence-corrected chi connectivity index (χ4v) is 7.28. The van der Waals surface area contributed by atoms with Crippen LogP contribution in [-0.4, -0.2) is 53.9 Å². The van der Waals surface area contributed by atoms with Gasteiger partial charge in [-0.3, -0.25) is 9.79 Å². The van der Waals surface area contributed by atoms with Crippen LogP contribution in [0.4, 0.5) is 5.13 Å². The topological polar surface area (TPSA) is 118 Å². The summed E-state index contributed by atoms with van der Waals surface area (Å²) in [5.41, 5.74) is 3.18. The minimum Gasteiger partial charge on any atom is -0.497 e. The summed E-state index contributed by atoms with van der Waals surface area (Å²) in [6.45, 7) is 4.35. The third-order valence-electron chi connectivity index (χ3n) is 7.55. The summed E-state index contributed by atoms with van der Waals surface area (Å²) < 4.78 is 10.6. The minimum atomic E-state index is -0.781. The number of aliphatic imine (C=N–C) groups is 1. The molecular formula is C32H41N5O4S2. The van der Waals surface area contributed by atoms with E-state index in [1.165, 1.54) is 21.8 Å². The van der Waals surface area contributed by atoms with Crippen LogP contribution in [-0.2, 0) is 17.6 Å². The number of anilines is 1. The predicted octanol–water partition coefficient (Wildman–Crippen LogP) is 6.17. The Kier molecular flexibility index (Phi) is 12.0. The Morgan fingerprint density at radius 1 is 1.12 bits per heavy atom. The zero-order valence-corrected chi connectivity index (χ0v) is 27.1. The summed E-state index contributed by atoms with van der Waals surface area (Å²) in [4.78, 5) is 18.4. The van der Waals surface area contributed by atoms with E-state index in [0.29, 0.717) is 22.6 Å². The maximum absolute atomic E-state index is 12.6. The molecule has 0 spiro atoms. The predicted molar refractivity (Wildman–Crippen MR) is 175 cm³/mol. The number of carbonyl (C=O) groups excluding carboxylic acids is 1. The Morgan fingerprint density at radius 2 is 1.81 bits per heavy atom. The molecule has 1 saturated carbocycles. The Balaban J connectivity index is 1.34. The van der Waals surface area contributed by atoms with Crippen molar-refractivity contribution in [1.29, 1.82) is 0 Å². The van der Waals surface area contributed by atoms with Crippen LogP contribution in [0.1, 0.15) is 61.6 Å². The van der Waals surface area contributed by atoms with Gasteiger partial charge in [0.05, 0.1) is 20.6 Å². The Morgan fingerprint density at radius 3 is 2.49 bits per heavy atom. The van der Waals surface area contributed by atoms with Crippen LogP contribution < -0.4 is 20.1 Å². The average Bonchev–Trinajstić information content (AvgIpc) is 3.69. The van der Waals surface area contributed by atoms with Crippen LogP contribution in [0, 0.1) is 5.92 Å². The molecule has 1 amide bonds. The lowest BCUT2D eigenvalue weighted by Crippen LogP contribution is -2.35. The number of benzene rings is 2. The molecule has 0 radical (unpaired) electrons. The first-order valence-corrected chi connectivity index (χ1v) is 16.1. The molecule has 1 aliphatic carbocycles. The molecule has 230 valence electrons. The molecule has 0 bridgehead atoms. The second kappa shape index (κ2) is 15.9. The summed E-state index contributed by atoms with van der Waals surface area (Å²) >= 11 is 3.07. The first kappa shape index (κ1) is 32.5. The minimum absolute atomic E-state index is 0.132. The largest absolute Gasteiger partial charge is 0.497 e. The highest BCUT2D eigenvalue weighted by molar-refractivity contribution is 8.17. The van der Waals surface area contributed by atoms with Crippen LogP contribution in [0.2, 0.25) is 0 Å². The Labute approximate surface area is 262 Å². The zero-order valence-electron chi connectivity index (χ0n) is 25.4. The number of ether oxygens (including phenoxy) is 2. The first-order valence-electron chi connectivity index (χ1n) is 14.5. The Hall–Kier alpha value is -3.41. The number of amides is 1. The van der Waals surface area contributed by atoms with E-state index in [-0.39, 0.29) is 18.2 Å². The molecular weight excluding hydrogens is 583 g/mol. The number of thioether (sulfide) groups is 1. The van der Waals surface area contributed by atoms with Gasteiger partial charge >= 0.3 is 0 Å². The number of nitrogens with zero attached hydrogens (tertiary/aromatic N) is 3. The number of aromatic nitrogens is 2. The zero-order chi connectivity index (χ0) is 30.8. The first-order chi connectivity index (χ1) is 20.8. The fraction of sp³-hybridized carbons (Fsp3) is 0.438. The molecule has 43 heavy (non-hydrogen) atoms. The maximum atomic E-state index is 12.6. The van der Waals surface area contributed by atoms with Gasteiger partial charge in [0.15, 0.2) is 5.17 Å². The summed E-state index contributed by atoms with van der Waals surface area (Å²) in [5.74, 6) is 2.00. The molecule has 1 aliphatic rings. The number of rotatable bonds is 12. The third kappa shape index (κ3) is 9.29. The highest BCUT2D eigenvalue weighted by Crippen LogP contribution is 2.47. The van der Waals surface area contributed by atoms with Gasteiger partial charge in [0.1, 0.15) is 22.7 Å². The van der Waals surface area contributed by atoms with Gasteiger partial charge in [0.25, 0.3) is 0 Å². The molecule has 0 aliphatic heterocycles. The maximum Gasteiger partial charge on any atom is 0.230 e. The molecule has 1 heterocycles. The lowest BCUT2D eigenvalue weighted by Gasteiger charge is -2.21. The van der Waals surface area contributed by atoms with E-state index in [0.717, 1.165) is 53.3 Å². The molecule has 4 rings (SSSR count). The number of aliphatic hydroxyl groups excluding tert-OH is 1. The van der Waals surface area contributed by atoms with Crippen molar-refractivity contribution in [2.45, 2.75) is 64.5 Å². The van der Waals surface area contributed by atoms with E-state index in [1.807, 2.05) is 48.5 Å². The standard InChI is InChI=1S/C32H41N5O4S2/c1-6-20(2)29(42-31(33-3)34-27(38)17-21-9-7-11-25(15-21)40-4)23-13-14-24(19-23)30-36-37-32(43-30)35-28(39)18-22-10-8-12-26(16-22)41-5/h7-12,15-16,23-24,27,38H,6,13-14,17-19H2,1-5H3,(H,33,34)(H,35,37,39). The normalized spacial score (nSPS) is 18.1. The van der Waals surface area contributed by atoms with Gasteiger partial charge in [0, 0.05) is 19.4 Å². The molecule has 3 aromatic rings. The molecule has 3 N–H and O–H groups in total. The van der Waals surface area contributed by atoms with Crippen molar-refractivity contribution in [2.75, 3.05) is 26.6 Å². The van der Waals surface area contributed by atoms with Crippen LogP contribution in [0.3, 0.4) is 0 Å². The second-order valence-electron chi connectivity index (χ2n) is 10.6. The van der Waals surface area contributed by atoms with Crippen molar-refractivity contribution in [3.05, 3.63) is 75.1 Å². The van der Waals surface area contributed by atoms with Gasteiger partial charge in [-0.15, -0.1) is 10.2 Å². The summed E-state index contributed by atoms with van der Waals surface area (Å²) in [6.07, 6.45) is 3.82. The van der Waals surface area contributed by atoms with E-state index in [1.54, 1.807) is 33.0 Å². The highest BCUT2D eigenvalue weighted by Gasteiger charge is 2.32. The number of amidine groups is 1. The van der Waals surface area contributed by atoms with Crippen molar-refractivity contribution in [2.24, 2.45) is 10.9 Å². The van der Waals surface area contributed by atoms with Crippen LogP contribution >= 0.6 is 23.1 Å². The van der Waals surface area contributed by atoms with Gasteiger partial charge in [-0.1, -0.05) is 59.9 Å². The van der Waals surface area contributed by atoms with Crippen LogP contribution in [0.15, 0.2) is 64.0 Å². The van der Waals surface area contributed by atoms with Crippen molar-refractivity contribution in [3.63, 3.8) is 0 Å². The average molecular weight is 624 g/mol. The lowest BCUT2D eigenvalue weighted by atomic mass is 10.0. The van der Waals surface area contributed by atoms with E-state index in [9.17, 15) is 9.90 Å². The quantitative estimate of drug-likeness (QED) is 0.125. The van der Waals surface area contributed by atoms with E-state index in [4.69, 9.17) is 9.47 Å². The molecule has 1 fully saturated rings. The number of carbonyl (C=O) groups is 1. The second-order valence-corrected chi connectivity index (χ2v) is 12.6. The number of nitrogens with one attached hydrogen (secondary N) is 2. The highest BCUT2D eigenvalue weighted by atomic mass is 32.2. The van der Waals surface area contributed by atoms with Crippen molar-refractivity contribution < 1.29 is 19.4 Å². The third-order valence-corrected chi connectivity index (χ3v) is 9.95. The van der Waals surface area contributed by atoms with Gasteiger partial charge in [-0.2, -0.15) is 0 Å². The van der Waals surface area contributed by atoms with Crippen molar-refractivity contribution >= 4 is 39.3 Å². The molecule has 11 heteroatoms.